The molecule has 2 aromatic rings. The number of ether oxygens (including phenoxy) is 1. The summed E-state index contributed by atoms with van der Waals surface area (Å²) in [6.45, 7) is 3.63. The third kappa shape index (κ3) is 2.20. The van der Waals surface area contributed by atoms with Crippen molar-refractivity contribution in [2.24, 2.45) is 0 Å². The lowest BCUT2D eigenvalue weighted by atomic mass is 10.1. The molecular formula is C13H13NO3. The van der Waals surface area contributed by atoms with E-state index >= 15 is 0 Å². The van der Waals surface area contributed by atoms with Gasteiger partial charge in [0.2, 0.25) is 5.56 Å². The summed E-state index contributed by atoms with van der Waals surface area (Å²) in [6, 6.07) is 6.64. The number of rotatable bonds is 2. The molecule has 0 saturated heterocycles. The highest BCUT2D eigenvalue weighted by molar-refractivity contribution is 5.89. The molecule has 0 spiro atoms. The summed E-state index contributed by atoms with van der Waals surface area (Å²) in [5.74, 6) is 0.190. The Labute approximate surface area is 98.2 Å². The van der Waals surface area contributed by atoms with Gasteiger partial charge in [0.05, 0.1) is 5.52 Å². The van der Waals surface area contributed by atoms with Crippen LogP contribution in [0.5, 0.6) is 5.75 Å². The minimum absolute atomic E-state index is 0.167. The molecule has 0 aliphatic rings. The lowest BCUT2D eigenvalue weighted by Crippen LogP contribution is -2.08. The number of hydrogen-bond acceptors (Lipinski definition) is 3. The Morgan fingerprint density at radius 1 is 1.29 bits per heavy atom. The molecule has 4 heteroatoms. The van der Waals surface area contributed by atoms with Crippen LogP contribution >= 0.6 is 0 Å². The second-order valence-corrected chi connectivity index (χ2v) is 3.82. The fraction of sp³-hybridized carbons (Fsp3) is 0.231. The van der Waals surface area contributed by atoms with E-state index in [-0.39, 0.29) is 11.5 Å². The van der Waals surface area contributed by atoms with E-state index < -0.39 is 0 Å². The van der Waals surface area contributed by atoms with Crippen LogP contribution in [0.2, 0.25) is 0 Å². The average Bonchev–Trinajstić information content (AvgIpc) is 2.33. The number of aromatic nitrogens is 1. The highest BCUT2D eigenvalue weighted by atomic mass is 16.5. The molecule has 0 unspecified atom stereocenters. The van der Waals surface area contributed by atoms with Gasteiger partial charge < -0.3 is 9.72 Å². The zero-order valence-corrected chi connectivity index (χ0v) is 9.74. The molecule has 0 atom stereocenters. The Kier molecular flexibility index (Phi) is 2.95. The zero-order valence-electron chi connectivity index (χ0n) is 9.74. The number of nitrogens with one attached hydrogen (secondary N) is 1. The minimum Gasteiger partial charge on any atom is -0.426 e. The van der Waals surface area contributed by atoms with Crippen LogP contribution in [0.25, 0.3) is 10.9 Å². The highest BCUT2D eigenvalue weighted by Crippen LogP contribution is 2.26. The quantitative estimate of drug-likeness (QED) is 0.636. The lowest BCUT2D eigenvalue weighted by Gasteiger charge is -2.08. The zero-order chi connectivity index (χ0) is 12.4. The van der Waals surface area contributed by atoms with Crippen LogP contribution in [0, 0.1) is 6.92 Å². The standard InChI is InChI=1S/C13H13NO3/c1-3-12(16)17-10-6-4-8(2)13-9(10)5-7-11(15)14-13/h4-7H,3H2,1-2H3,(H,14,15). The molecule has 4 nitrogen and oxygen atoms in total. The number of carbonyl (C=O) groups is 1. The number of H-pyrrole nitrogens is 1. The van der Waals surface area contributed by atoms with E-state index in [0.29, 0.717) is 17.7 Å². The smallest absolute Gasteiger partial charge is 0.310 e. The van der Waals surface area contributed by atoms with E-state index in [4.69, 9.17) is 4.74 Å². The van der Waals surface area contributed by atoms with Crippen molar-refractivity contribution in [3.8, 4) is 5.75 Å². The van der Waals surface area contributed by atoms with Crippen molar-refractivity contribution in [1.82, 2.24) is 4.98 Å². The van der Waals surface area contributed by atoms with Gasteiger partial charge in [-0.05, 0) is 24.6 Å². The molecule has 17 heavy (non-hydrogen) atoms. The van der Waals surface area contributed by atoms with Crippen LogP contribution in [0.15, 0.2) is 29.1 Å². The first-order valence-electron chi connectivity index (χ1n) is 5.45. The molecule has 1 aromatic heterocycles. The fourth-order valence-electron chi connectivity index (χ4n) is 1.65. The van der Waals surface area contributed by atoms with Crippen molar-refractivity contribution in [3.05, 3.63) is 40.2 Å². The Morgan fingerprint density at radius 2 is 2.06 bits per heavy atom. The van der Waals surface area contributed by atoms with Gasteiger partial charge in [0.1, 0.15) is 5.75 Å². The molecule has 1 heterocycles. The molecule has 1 aromatic carbocycles. The molecular weight excluding hydrogens is 218 g/mol. The van der Waals surface area contributed by atoms with Crippen LogP contribution in [-0.4, -0.2) is 11.0 Å². The molecule has 88 valence electrons. The van der Waals surface area contributed by atoms with E-state index in [0.717, 1.165) is 10.9 Å². The maximum atomic E-state index is 11.3. The van der Waals surface area contributed by atoms with Crippen molar-refractivity contribution in [2.45, 2.75) is 20.3 Å². The fourth-order valence-corrected chi connectivity index (χ4v) is 1.65. The summed E-state index contributed by atoms with van der Waals surface area (Å²) in [7, 11) is 0. The molecule has 0 radical (unpaired) electrons. The maximum Gasteiger partial charge on any atom is 0.310 e. The Balaban J connectivity index is 2.62. The van der Waals surface area contributed by atoms with Crippen LogP contribution in [0.4, 0.5) is 0 Å². The van der Waals surface area contributed by atoms with E-state index in [9.17, 15) is 9.59 Å². The van der Waals surface area contributed by atoms with Gasteiger partial charge in [0, 0.05) is 17.9 Å². The molecule has 0 aliphatic heterocycles. The predicted molar refractivity (Wildman–Crippen MR) is 65.2 cm³/mol. The van der Waals surface area contributed by atoms with E-state index in [1.165, 1.54) is 6.07 Å². The monoisotopic (exact) mass is 231 g/mol. The SMILES string of the molecule is CCC(=O)Oc1ccc(C)c2[nH]c(=O)ccc12. The molecule has 1 N–H and O–H groups in total. The Hall–Kier alpha value is -2.10. The van der Waals surface area contributed by atoms with Gasteiger partial charge >= 0.3 is 5.97 Å². The van der Waals surface area contributed by atoms with Gasteiger partial charge in [-0.15, -0.1) is 0 Å². The number of aryl methyl sites for hydroxylation is 1. The summed E-state index contributed by atoms with van der Waals surface area (Å²) in [5, 5.41) is 0.742. The van der Waals surface area contributed by atoms with Crippen molar-refractivity contribution >= 4 is 16.9 Å². The van der Waals surface area contributed by atoms with Crippen molar-refractivity contribution in [3.63, 3.8) is 0 Å². The van der Waals surface area contributed by atoms with Crippen molar-refractivity contribution in [1.29, 1.82) is 0 Å². The minimum atomic E-state index is -0.290. The second-order valence-electron chi connectivity index (χ2n) is 3.82. The number of esters is 1. The molecule has 0 saturated carbocycles. The average molecular weight is 231 g/mol. The Bertz CT molecular complexity index is 628. The third-order valence-electron chi connectivity index (χ3n) is 2.58. The van der Waals surface area contributed by atoms with Crippen molar-refractivity contribution < 1.29 is 9.53 Å². The molecule has 0 fully saturated rings. The summed E-state index contributed by atoms with van der Waals surface area (Å²) in [6.07, 6.45) is 0.318. The summed E-state index contributed by atoms with van der Waals surface area (Å²) < 4.78 is 5.21. The molecule has 2 rings (SSSR count). The predicted octanol–water partition coefficient (Wildman–Crippen LogP) is 2.15. The van der Waals surface area contributed by atoms with E-state index in [1.54, 1.807) is 19.1 Å². The van der Waals surface area contributed by atoms with Gasteiger partial charge in [-0.1, -0.05) is 13.0 Å². The van der Waals surface area contributed by atoms with Gasteiger partial charge in [0.25, 0.3) is 0 Å². The largest absolute Gasteiger partial charge is 0.426 e. The van der Waals surface area contributed by atoms with Crippen LogP contribution in [-0.2, 0) is 4.79 Å². The number of carbonyl (C=O) groups excluding carboxylic acids is 1. The summed E-state index contributed by atoms with van der Waals surface area (Å²) in [4.78, 5) is 25.3. The number of fused-ring (bicyclic) bond motifs is 1. The maximum absolute atomic E-state index is 11.3. The lowest BCUT2D eigenvalue weighted by molar-refractivity contribution is -0.133. The molecule has 0 amide bonds. The first-order valence-corrected chi connectivity index (χ1v) is 5.45. The van der Waals surface area contributed by atoms with Crippen LogP contribution in [0.3, 0.4) is 0 Å². The Morgan fingerprint density at radius 3 is 2.76 bits per heavy atom. The molecule has 0 bridgehead atoms. The summed E-state index contributed by atoms with van der Waals surface area (Å²) in [5.41, 5.74) is 1.48. The van der Waals surface area contributed by atoms with E-state index in [1.807, 2.05) is 13.0 Å². The number of benzene rings is 1. The highest BCUT2D eigenvalue weighted by Gasteiger charge is 2.08. The first-order chi connectivity index (χ1) is 8.11. The van der Waals surface area contributed by atoms with Crippen molar-refractivity contribution in [2.75, 3.05) is 0 Å². The van der Waals surface area contributed by atoms with Gasteiger partial charge in [-0.3, -0.25) is 9.59 Å². The van der Waals surface area contributed by atoms with Crippen LogP contribution < -0.4 is 10.3 Å². The normalized spacial score (nSPS) is 10.5. The second kappa shape index (κ2) is 4.41. The van der Waals surface area contributed by atoms with Gasteiger partial charge in [-0.25, -0.2) is 0 Å². The first kappa shape index (κ1) is 11.4. The number of aromatic amines is 1. The van der Waals surface area contributed by atoms with Crippen LogP contribution in [0.1, 0.15) is 18.9 Å². The molecule has 0 aliphatic carbocycles. The topological polar surface area (TPSA) is 59.2 Å². The van der Waals surface area contributed by atoms with Gasteiger partial charge in [0.15, 0.2) is 0 Å². The van der Waals surface area contributed by atoms with Gasteiger partial charge in [-0.2, -0.15) is 0 Å². The van der Waals surface area contributed by atoms with E-state index in [2.05, 4.69) is 4.98 Å². The number of pyridine rings is 1. The summed E-state index contributed by atoms with van der Waals surface area (Å²) >= 11 is 0. The number of hydrogen-bond donors (Lipinski definition) is 1. The third-order valence-corrected chi connectivity index (χ3v) is 2.58.